The zero-order valence-electron chi connectivity index (χ0n) is 13.3. The lowest BCUT2D eigenvalue weighted by Crippen LogP contribution is -2.48. The average molecular weight is 332 g/mol. The largest absolute Gasteiger partial charge is 0.445 e. The Morgan fingerprint density at radius 3 is 2.54 bits per heavy atom. The maximum absolute atomic E-state index is 11.7. The van der Waals surface area contributed by atoms with E-state index in [4.69, 9.17) is 15.7 Å². The van der Waals surface area contributed by atoms with Crippen LogP contribution in [-0.4, -0.2) is 30.5 Å². The molecule has 0 heterocycles. The highest BCUT2D eigenvalue weighted by Crippen LogP contribution is 2.04. The first-order valence-electron chi connectivity index (χ1n) is 7.35. The number of nitriles is 1. The normalized spacial score (nSPS) is 12.3. The summed E-state index contributed by atoms with van der Waals surface area (Å²) >= 11 is 0. The number of benzene rings is 1. The predicted octanol–water partition coefficient (Wildman–Crippen LogP) is 0.433. The Bertz CT molecular complexity index is 612. The van der Waals surface area contributed by atoms with Crippen LogP contribution in [0.25, 0.3) is 0 Å². The van der Waals surface area contributed by atoms with Crippen molar-refractivity contribution < 1.29 is 19.1 Å². The molecule has 1 aromatic carbocycles. The second kappa shape index (κ2) is 9.84. The molecule has 0 fully saturated rings. The van der Waals surface area contributed by atoms with E-state index in [1.165, 1.54) is 0 Å². The van der Waals surface area contributed by atoms with Gasteiger partial charge in [-0.1, -0.05) is 30.3 Å². The van der Waals surface area contributed by atoms with Gasteiger partial charge in [-0.2, -0.15) is 5.26 Å². The van der Waals surface area contributed by atoms with E-state index in [2.05, 4.69) is 10.6 Å². The lowest BCUT2D eigenvalue weighted by molar-refractivity contribution is -0.127. The summed E-state index contributed by atoms with van der Waals surface area (Å²) in [5.74, 6) is -1.77. The summed E-state index contributed by atoms with van der Waals surface area (Å²) in [6.45, 7) is 1.33. The summed E-state index contributed by atoms with van der Waals surface area (Å²) in [6.07, 6.45) is -0.647. The van der Waals surface area contributed by atoms with Crippen LogP contribution in [0.3, 0.4) is 0 Å². The number of primary amides is 1. The van der Waals surface area contributed by atoms with Crippen molar-refractivity contribution in [1.82, 2.24) is 10.6 Å². The standard InChI is InChI=1S/C16H20N4O4/c1-11(8-17)7-13(15(18)22)20-14(21)9-19-16(23)24-10-12-5-3-2-4-6-12/h2-6,11,13H,7,9-10H2,1H3,(H2,18,22)(H,19,23)(H,20,21)/t11-,13+/m1/s1. The van der Waals surface area contributed by atoms with Crippen molar-refractivity contribution >= 4 is 17.9 Å². The molecule has 1 rings (SSSR count). The van der Waals surface area contributed by atoms with Gasteiger partial charge < -0.3 is 21.1 Å². The van der Waals surface area contributed by atoms with Gasteiger partial charge in [-0.15, -0.1) is 0 Å². The molecule has 0 radical (unpaired) electrons. The highest BCUT2D eigenvalue weighted by Gasteiger charge is 2.21. The highest BCUT2D eigenvalue weighted by atomic mass is 16.5. The molecule has 0 aliphatic heterocycles. The fraction of sp³-hybridized carbons (Fsp3) is 0.375. The van der Waals surface area contributed by atoms with Crippen LogP contribution in [0.2, 0.25) is 0 Å². The number of nitrogens with one attached hydrogen (secondary N) is 2. The van der Waals surface area contributed by atoms with Gasteiger partial charge in [0.25, 0.3) is 0 Å². The first-order valence-corrected chi connectivity index (χ1v) is 7.35. The van der Waals surface area contributed by atoms with Gasteiger partial charge in [0.1, 0.15) is 19.2 Å². The molecule has 0 aliphatic carbocycles. The van der Waals surface area contributed by atoms with Gasteiger partial charge in [-0.3, -0.25) is 9.59 Å². The van der Waals surface area contributed by atoms with Crippen molar-refractivity contribution in [2.75, 3.05) is 6.54 Å². The van der Waals surface area contributed by atoms with E-state index in [9.17, 15) is 14.4 Å². The van der Waals surface area contributed by atoms with Crippen molar-refractivity contribution in [3.8, 4) is 6.07 Å². The SMILES string of the molecule is C[C@@H](C#N)C[C@H](NC(=O)CNC(=O)OCc1ccccc1)C(N)=O. The van der Waals surface area contributed by atoms with Crippen LogP contribution < -0.4 is 16.4 Å². The summed E-state index contributed by atoms with van der Waals surface area (Å²) in [4.78, 5) is 34.5. The molecule has 4 N–H and O–H groups in total. The van der Waals surface area contributed by atoms with Crippen molar-refractivity contribution in [1.29, 1.82) is 5.26 Å². The summed E-state index contributed by atoms with van der Waals surface area (Å²) in [7, 11) is 0. The molecule has 0 aromatic heterocycles. The third-order valence-corrected chi connectivity index (χ3v) is 3.09. The molecular weight excluding hydrogens is 312 g/mol. The lowest BCUT2D eigenvalue weighted by Gasteiger charge is -2.16. The van der Waals surface area contributed by atoms with Gasteiger partial charge in [0.2, 0.25) is 11.8 Å². The molecule has 0 saturated heterocycles. The van der Waals surface area contributed by atoms with Crippen molar-refractivity contribution in [3.05, 3.63) is 35.9 Å². The Morgan fingerprint density at radius 1 is 1.29 bits per heavy atom. The number of rotatable bonds is 8. The van der Waals surface area contributed by atoms with E-state index < -0.39 is 29.9 Å². The Labute approximate surface area is 140 Å². The molecule has 0 aliphatic rings. The van der Waals surface area contributed by atoms with Crippen LogP contribution in [0, 0.1) is 17.2 Å². The Hall–Kier alpha value is -3.08. The molecule has 8 heteroatoms. The van der Waals surface area contributed by atoms with Crippen molar-refractivity contribution in [2.24, 2.45) is 11.7 Å². The van der Waals surface area contributed by atoms with Gasteiger partial charge >= 0.3 is 6.09 Å². The van der Waals surface area contributed by atoms with Crippen molar-refractivity contribution in [3.63, 3.8) is 0 Å². The summed E-state index contributed by atoms with van der Waals surface area (Å²) in [6, 6.07) is 10.1. The van der Waals surface area contributed by atoms with E-state index in [1.807, 2.05) is 24.3 Å². The first kappa shape index (κ1) is 19.0. The first-order chi connectivity index (χ1) is 11.4. The molecule has 0 unspecified atom stereocenters. The second-order valence-electron chi connectivity index (χ2n) is 5.20. The van der Waals surface area contributed by atoms with Gasteiger partial charge in [-0.05, 0) is 18.9 Å². The van der Waals surface area contributed by atoms with Crippen LogP contribution in [-0.2, 0) is 20.9 Å². The van der Waals surface area contributed by atoms with Gasteiger partial charge in [0, 0.05) is 5.92 Å². The number of hydrogen-bond acceptors (Lipinski definition) is 5. The van der Waals surface area contributed by atoms with E-state index in [0.717, 1.165) is 5.56 Å². The molecule has 24 heavy (non-hydrogen) atoms. The monoisotopic (exact) mass is 332 g/mol. The Kier molecular flexibility index (Phi) is 7.78. The number of hydrogen-bond donors (Lipinski definition) is 3. The third-order valence-electron chi connectivity index (χ3n) is 3.09. The molecule has 0 saturated carbocycles. The second-order valence-corrected chi connectivity index (χ2v) is 5.20. The number of alkyl carbamates (subject to hydrolysis) is 1. The highest BCUT2D eigenvalue weighted by molar-refractivity contribution is 5.88. The molecule has 2 atom stereocenters. The van der Waals surface area contributed by atoms with Crippen LogP contribution in [0.4, 0.5) is 4.79 Å². The molecule has 3 amide bonds. The van der Waals surface area contributed by atoms with E-state index in [0.29, 0.717) is 0 Å². The van der Waals surface area contributed by atoms with Crippen LogP contribution in [0.15, 0.2) is 30.3 Å². The van der Waals surface area contributed by atoms with E-state index in [1.54, 1.807) is 19.1 Å². The zero-order chi connectivity index (χ0) is 17.9. The molecule has 1 aromatic rings. The minimum Gasteiger partial charge on any atom is -0.445 e. The van der Waals surface area contributed by atoms with E-state index >= 15 is 0 Å². The smallest absolute Gasteiger partial charge is 0.407 e. The Balaban J connectivity index is 2.34. The van der Waals surface area contributed by atoms with Crippen molar-refractivity contribution in [2.45, 2.75) is 26.0 Å². The lowest BCUT2D eigenvalue weighted by atomic mass is 10.0. The van der Waals surface area contributed by atoms with Crippen LogP contribution in [0.1, 0.15) is 18.9 Å². The topological polar surface area (TPSA) is 134 Å². The minimum atomic E-state index is -0.964. The molecule has 0 spiro atoms. The molecular formula is C16H20N4O4. The number of amides is 3. The van der Waals surface area contributed by atoms with Gasteiger partial charge in [-0.25, -0.2) is 4.79 Å². The fourth-order valence-corrected chi connectivity index (χ4v) is 1.82. The van der Waals surface area contributed by atoms with Gasteiger partial charge in [0.15, 0.2) is 0 Å². The van der Waals surface area contributed by atoms with Crippen LogP contribution in [0.5, 0.6) is 0 Å². The Morgan fingerprint density at radius 2 is 1.96 bits per heavy atom. The van der Waals surface area contributed by atoms with E-state index in [-0.39, 0.29) is 19.6 Å². The number of ether oxygens (including phenoxy) is 1. The summed E-state index contributed by atoms with van der Waals surface area (Å²) in [5, 5.41) is 13.4. The quantitative estimate of drug-likeness (QED) is 0.634. The molecule has 128 valence electrons. The average Bonchev–Trinajstić information content (AvgIpc) is 2.58. The molecule has 8 nitrogen and oxygen atoms in total. The number of nitrogens with zero attached hydrogens (tertiary/aromatic N) is 1. The van der Waals surface area contributed by atoms with Gasteiger partial charge in [0.05, 0.1) is 6.07 Å². The molecule has 0 bridgehead atoms. The number of nitrogens with two attached hydrogens (primary N) is 1. The predicted molar refractivity (Wildman–Crippen MR) is 85.1 cm³/mol. The minimum absolute atomic E-state index is 0.0812. The number of carbonyl (C=O) groups is 3. The maximum atomic E-state index is 11.7. The maximum Gasteiger partial charge on any atom is 0.407 e. The summed E-state index contributed by atoms with van der Waals surface area (Å²) < 4.78 is 4.95. The zero-order valence-corrected chi connectivity index (χ0v) is 13.3. The van der Waals surface area contributed by atoms with Crippen LogP contribution >= 0.6 is 0 Å². The number of carbonyl (C=O) groups excluding carboxylic acids is 3. The third kappa shape index (κ3) is 7.26. The fourth-order valence-electron chi connectivity index (χ4n) is 1.82. The summed E-state index contributed by atoms with van der Waals surface area (Å²) in [5.41, 5.74) is 6.00.